The smallest absolute Gasteiger partial charge is 0.257 e. The molecule has 138 valence electrons. The Morgan fingerprint density at radius 2 is 1.73 bits per heavy atom. The summed E-state index contributed by atoms with van der Waals surface area (Å²) in [6.07, 6.45) is 0. The molecular weight excluding hydrogens is 348 g/mol. The summed E-state index contributed by atoms with van der Waals surface area (Å²) in [6, 6.07) is 14.8. The van der Waals surface area contributed by atoms with Gasteiger partial charge < -0.3 is 15.0 Å². The van der Waals surface area contributed by atoms with Gasteiger partial charge in [-0.25, -0.2) is 0 Å². The van der Waals surface area contributed by atoms with Crippen molar-refractivity contribution in [3.63, 3.8) is 0 Å². The van der Waals surface area contributed by atoms with Gasteiger partial charge in [-0.3, -0.25) is 9.59 Å². The van der Waals surface area contributed by atoms with E-state index in [0.29, 0.717) is 17.0 Å². The predicted molar refractivity (Wildman–Crippen MR) is 106 cm³/mol. The number of rotatable bonds is 6. The van der Waals surface area contributed by atoms with Crippen molar-refractivity contribution in [1.82, 2.24) is 4.90 Å². The van der Waals surface area contributed by atoms with Gasteiger partial charge in [0.25, 0.3) is 5.91 Å². The zero-order valence-electron chi connectivity index (χ0n) is 15.7. The highest BCUT2D eigenvalue weighted by molar-refractivity contribution is 8.01. The molecule has 0 bridgehead atoms. The number of benzene rings is 2. The maximum atomic E-state index is 12.7. The lowest BCUT2D eigenvalue weighted by molar-refractivity contribution is -0.117. The number of hydrogen-bond donors (Lipinski definition) is 1. The van der Waals surface area contributed by atoms with E-state index in [-0.39, 0.29) is 11.8 Å². The normalized spacial score (nSPS) is 11.0. The number of nitrogens with zero attached hydrogens (tertiary/aromatic N) is 1. The quantitative estimate of drug-likeness (QED) is 0.781. The number of carbonyl (C=O) groups is 2. The SMILES string of the molecule is COc1ccc(NC(=O)C(C)(C)Sc2ccccc2)cc1C(=O)N(C)C. The van der Waals surface area contributed by atoms with Crippen LogP contribution in [-0.4, -0.2) is 42.7 Å². The average Bonchev–Trinajstić information content (AvgIpc) is 2.61. The van der Waals surface area contributed by atoms with Gasteiger partial charge in [-0.05, 0) is 44.2 Å². The molecule has 0 unspecified atom stereocenters. The Labute approximate surface area is 158 Å². The van der Waals surface area contributed by atoms with Gasteiger partial charge in [0.05, 0.1) is 17.4 Å². The molecule has 0 atom stereocenters. The largest absolute Gasteiger partial charge is 0.496 e. The lowest BCUT2D eigenvalue weighted by atomic mass is 10.1. The molecule has 2 amide bonds. The number of anilines is 1. The fourth-order valence-corrected chi connectivity index (χ4v) is 3.33. The highest BCUT2D eigenvalue weighted by Gasteiger charge is 2.29. The van der Waals surface area contributed by atoms with Crippen molar-refractivity contribution in [2.45, 2.75) is 23.5 Å². The first-order chi connectivity index (χ1) is 12.2. The molecule has 0 aliphatic heterocycles. The van der Waals surface area contributed by atoms with Crippen molar-refractivity contribution in [2.75, 3.05) is 26.5 Å². The number of hydrogen-bond acceptors (Lipinski definition) is 4. The standard InChI is InChI=1S/C20H24N2O3S/c1-20(2,26-15-9-7-6-8-10-15)19(24)21-14-11-12-17(25-5)16(13-14)18(23)22(3)4/h6-13H,1-5H3,(H,21,24). The van der Waals surface area contributed by atoms with Crippen molar-refractivity contribution >= 4 is 29.3 Å². The monoisotopic (exact) mass is 372 g/mol. The average molecular weight is 372 g/mol. The lowest BCUT2D eigenvalue weighted by Gasteiger charge is -2.23. The molecule has 6 heteroatoms. The van der Waals surface area contributed by atoms with Crippen LogP contribution >= 0.6 is 11.8 Å². The van der Waals surface area contributed by atoms with E-state index in [1.165, 1.54) is 23.8 Å². The number of amides is 2. The van der Waals surface area contributed by atoms with Gasteiger partial charge in [-0.2, -0.15) is 0 Å². The molecule has 0 aromatic heterocycles. The molecular formula is C20H24N2O3S. The van der Waals surface area contributed by atoms with E-state index in [4.69, 9.17) is 4.74 Å². The van der Waals surface area contributed by atoms with E-state index in [1.54, 1.807) is 32.3 Å². The molecule has 2 aromatic carbocycles. The maximum absolute atomic E-state index is 12.7. The van der Waals surface area contributed by atoms with Crippen LogP contribution in [0.3, 0.4) is 0 Å². The zero-order valence-corrected chi connectivity index (χ0v) is 16.5. The highest BCUT2D eigenvalue weighted by atomic mass is 32.2. The van der Waals surface area contributed by atoms with Crippen LogP contribution in [0.2, 0.25) is 0 Å². The van der Waals surface area contributed by atoms with Gasteiger partial charge in [0.1, 0.15) is 5.75 Å². The molecule has 0 aliphatic carbocycles. The third kappa shape index (κ3) is 4.79. The Morgan fingerprint density at radius 3 is 2.31 bits per heavy atom. The summed E-state index contributed by atoms with van der Waals surface area (Å²) in [5.74, 6) is 0.148. The van der Waals surface area contributed by atoms with E-state index >= 15 is 0 Å². The first-order valence-corrected chi connectivity index (χ1v) is 9.01. The van der Waals surface area contributed by atoms with Crippen LogP contribution in [0.15, 0.2) is 53.4 Å². The van der Waals surface area contributed by atoms with Crippen LogP contribution in [0.4, 0.5) is 5.69 Å². The summed E-state index contributed by atoms with van der Waals surface area (Å²) >= 11 is 1.48. The maximum Gasteiger partial charge on any atom is 0.257 e. The first kappa shape index (κ1) is 19.8. The molecule has 0 saturated heterocycles. The number of carbonyl (C=O) groups excluding carboxylic acids is 2. The second-order valence-corrected chi connectivity index (χ2v) is 8.19. The molecule has 1 N–H and O–H groups in total. The Hall–Kier alpha value is -2.47. The van der Waals surface area contributed by atoms with Crippen molar-refractivity contribution in [1.29, 1.82) is 0 Å². The van der Waals surface area contributed by atoms with Crippen LogP contribution in [0.1, 0.15) is 24.2 Å². The third-order valence-electron chi connectivity index (χ3n) is 3.76. The Bertz CT molecular complexity index is 789. The van der Waals surface area contributed by atoms with Gasteiger partial charge in [0, 0.05) is 24.7 Å². The summed E-state index contributed by atoms with van der Waals surface area (Å²) in [6.45, 7) is 3.74. The lowest BCUT2D eigenvalue weighted by Crippen LogP contribution is -2.34. The summed E-state index contributed by atoms with van der Waals surface area (Å²) in [7, 11) is 4.86. The predicted octanol–water partition coefficient (Wildman–Crippen LogP) is 3.91. The topological polar surface area (TPSA) is 58.6 Å². The van der Waals surface area contributed by atoms with Crippen molar-refractivity contribution in [3.05, 3.63) is 54.1 Å². The second-order valence-electron chi connectivity index (χ2n) is 6.49. The highest BCUT2D eigenvalue weighted by Crippen LogP contribution is 2.33. The van der Waals surface area contributed by atoms with Crippen LogP contribution < -0.4 is 10.1 Å². The van der Waals surface area contributed by atoms with Crippen molar-refractivity contribution < 1.29 is 14.3 Å². The Balaban J connectivity index is 2.20. The van der Waals surface area contributed by atoms with Crippen LogP contribution in [0.25, 0.3) is 0 Å². The first-order valence-electron chi connectivity index (χ1n) is 8.20. The summed E-state index contributed by atoms with van der Waals surface area (Å²) < 4.78 is 4.58. The second kappa shape index (κ2) is 8.27. The summed E-state index contributed by atoms with van der Waals surface area (Å²) in [4.78, 5) is 27.6. The van der Waals surface area contributed by atoms with E-state index in [0.717, 1.165) is 4.90 Å². The molecule has 0 heterocycles. The van der Waals surface area contributed by atoms with Gasteiger partial charge >= 0.3 is 0 Å². The Kier molecular flexibility index (Phi) is 6.32. The molecule has 2 aromatic rings. The van der Waals surface area contributed by atoms with Gasteiger partial charge in [-0.1, -0.05) is 18.2 Å². The summed E-state index contributed by atoms with van der Waals surface area (Å²) in [5, 5.41) is 2.90. The van der Waals surface area contributed by atoms with E-state index in [1.807, 2.05) is 44.2 Å². The van der Waals surface area contributed by atoms with E-state index in [2.05, 4.69) is 5.32 Å². The van der Waals surface area contributed by atoms with E-state index in [9.17, 15) is 9.59 Å². The van der Waals surface area contributed by atoms with Gasteiger partial charge in [0.15, 0.2) is 0 Å². The number of thioether (sulfide) groups is 1. The molecule has 0 fully saturated rings. The minimum absolute atomic E-state index is 0.139. The fourth-order valence-electron chi connectivity index (χ4n) is 2.30. The fraction of sp³-hybridized carbons (Fsp3) is 0.300. The number of nitrogens with one attached hydrogen (secondary N) is 1. The molecule has 0 aliphatic rings. The van der Waals surface area contributed by atoms with Crippen LogP contribution in [-0.2, 0) is 4.79 Å². The molecule has 2 rings (SSSR count). The molecule has 0 spiro atoms. The minimum Gasteiger partial charge on any atom is -0.496 e. The van der Waals surface area contributed by atoms with E-state index < -0.39 is 4.75 Å². The van der Waals surface area contributed by atoms with Crippen molar-refractivity contribution in [2.24, 2.45) is 0 Å². The number of ether oxygens (including phenoxy) is 1. The minimum atomic E-state index is -0.674. The number of methoxy groups -OCH3 is 1. The van der Waals surface area contributed by atoms with Gasteiger partial charge in [-0.15, -0.1) is 11.8 Å². The van der Waals surface area contributed by atoms with Crippen LogP contribution in [0, 0.1) is 0 Å². The zero-order chi connectivity index (χ0) is 19.3. The molecule has 0 saturated carbocycles. The van der Waals surface area contributed by atoms with Crippen LogP contribution in [0.5, 0.6) is 5.75 Å². The third-order valence-corrected chi connectivity index (χ3v) is 4.96. The molecule has 26 heavy (non-hydrogen) atoms. The summed E-state index contributed by atoms with van der Waals surface area (Å²) in [5.41, 5.74) is 0.964. The Morgan fingerprint density at radius 1 is 1.08 bits per heavy atom. The molecule has 0 radical (unpaired) electrons. The molecule has 5 nitrogen and oxygen atoms in total. The van der Waals surface area contributed by atoms with Gasteiger partial charge in [0.2, 0.25) is 5.91 Å². The van der Waals surface area contributed by atoms with Crippen molar-refractivity contribution in [3.8, 4) is 5.75 Å².